The maximum atomic E-state index is 12.6. The number of methoxy groups -OCH3 is 1. The van der Waals surface area contributed by atoms with Gasteiger partial charge in [0.2, 0.25) is 10.0 Å². The highest BCUT2D eigenvalue weighted by atomic mass is 32.2. The summed E-state index contributed by atoms with van der Waals surface area (Å²) in [6, 6.07) is 6.25. The predicted octanol–water partition coefficient (Wildman–Crippen LogP) is 2.00. The number of benzene rings is 1. The molecule has 2 aromatic rings. The van der Waals surface area contributed by atoms with E-state index in [9.17, 15) is 8.42 Å². The summed E-state index contributed by atoms with van der Waals surface area (Å²) in [5.41, 5.74) is 6.79. The van der Waals surface area contributed by atoms with Crippen molar-refractivity contribution in [3.05, 3.63) is 41.9 Å². The third kappa shape index (κ3) is 3.03. The van der Waals surface area contributed by atoms with Crippen molar-refractivity contribution in [2.45, 2.75) is 18.4 Å². The molecule has 7 heteroatoms. The van der Waals surface area contributed by atoms with Gasteiger partial charge in [0.1, 0.15) is 16.4 Å². The molecule has 0 aliphatic rings. The minimum atomic E-state index is -3.68. The van der Waals surface area contributed by atoms with Gasteiger partial charge in [-0.2, -0.15) is 4.31 Å². The molecule has 2 rings (SSSR count). The normalized spacial score (nSPS) is 11.8. The molecule has 0 unspecified atom stereocenters. The summed E-state index contributed by atoms with van der Waals surface area (Å²) < 4.78 is 36.6. The number of nitrogen functional groups attached to an aromatic ring is 1. The summed E-state index contributed by atoms with van der Waals surface area (Å²) in [5, 5.41) is 0. The van der Waals surface area contributed by atoms with Crippen LogP contribution in [0.25, 0.3) is 0 Å². The molecule has 0 atom stereocenters. The van der Waals surface area contributed by atoms with Crippen LogP contribution < -0.4 is 10.5 Å². The number of nitrogens with two attached hydrogens (primary N) is 1. The van der Waals surface area contributed by atoms with Gasteiger partial charge in [-0.05, 0) is 25.1 Å². The van der Waals surface area contributed by atoms with Gasteiger partial charge in [0.25, 0.3) is 0 Å². The maximum absolute atomic E-state index is 12.6. The van der Waals surface area contributed by atoms with E-state index < -0.39 is 10.0 Å². The second-order valence-electron chi connectivity index (χ2n) is 4.67. The van der Waals surface area contributed by atoms with Crippen molar-refractivity contribution in [2.75, 3.05) is 19.9 Å². The van der Waals surface area contributed by atoms with E-state index in [1.54, 1.807) is 19.1 Å². The van der Waals surface area contributed by atoms with Crippen LogP contribution in [0.1, 0.15) is 11.3 Å². The lowest BCUT2D eigenvalue weighted by Gasteiger charge is -2.18. The fourth-order valence-corrected chi connectivity index (χ4v) is 3.20. The van der Waals surface area contributed by atoms with E-state index in [0.717, 1.165) is 5.56 Å². The van der Waals surface area contributed by atoms with E-state index in [4.69, 9.17) is 14.9 Å². The highest BCUT2D eigenvalue weighted by molar-refractivity contribution is 7.89. The molecule has 0 spiro atoms. The first-order valence-corrected chi connectivity index (χ1v) is 7.73. The smallest absolute Gasteiger partial charge is 0.245 e. The van der Waals surface area contributed by atoms with Gasteiger partial charge in [-0.15, -0.1) is 0 Å². The SMILES string of the molecule is COc1ccc(S(=O)(=O)N(C)Cc2ccoc2C)c(N)c1. The van der Waals surface area contributed by atoms with Crippen molar-refractivity contribution in [1.82, 2.24) is 4.31 Å². The van der Waals surface area contributed by atoms with Crippen LogP contribution in [0.3, 0.4) is 0 Å². The van der Waals surface area contributed by atoms with Crippen LogP contribution in [0.4, 0.5) is 5.69 Å². The van der Waals surface area contributed by atoms with Crippen molar-refractivity contribution < 1.29 is 17.6 Å². The largest absolute Gasteiger partial charge is 0.497 e. The second kappa shape index (κ2) is 5.79. The highest BCUT2D eigenvalue weighted by Gasteiger charge is 2.24. The lowest BCUT2D eigenvalue weighted by molar-refractivity contribution is 0.414. The Labute approximate surface area is 124 Å². The van der Waals surface area contributed by atoms with Crippen LogP contribution in [0.5, 0.6) is 5.75 Å². The van der Waals surface area contributed by atoms with Crippen LogP contribution in [0, 0.1) is 6.92 Å². The van der Waals surface area contributed by atoms with Crippen LogP contribution in [-0.2, 0) is 16.6 Å². The zero-order valence-electron chi connectivity index (χ0n) is 12.2. The molecule has 1 aromatic heterocycles. The molecule has 21 heavy (non-hydrogen) atoms. The molecular formula is C14H18N2O4S. The highest BCUT2D eigenvalue weighted by Crippen LogP contribution is 2.27. The lowest BCUT2D eigenvalue weighted by Crippen LogP contribution is -2.27. The average molecular weight is 310 g/mol. The molecule has 0 saturated heterocycles. The molecule has 2 N–H and O–H groups in total. The first-order chi connectivity index (χ1) is 9.86. The number of hydrogen-bond donors (Lipinski definition) is 1. The van der Waals surface area contributed by atoms with Crippen molar-refractivity contribution in [3.8, 4) is 5.75 Å². The number of sulfonamides is 1. The number of nitrogens with zero attached hydrogens (tertiary/aromatic N) is 1. The number of aryl methyl sites for hydroxylation is 1. The van der Waals surface area contributed by atoms with Gasteiger partial charge in [0.05, 0.1) is 19.1 Å². The molecule has 0 bridgehead atoms. The van der Waals surface area contributed by atoms with Crippen LogP contribution in [0.15, 0.2) is 39.8 Å². The van der Waals surface area contributed by atoms with E-state index in [1.807, 2.05) is 0 Å². The fraction of sp³-hybridized carbons (Fsp3) is 0.286. The Hall–Kier alpha value is -1.99. The molecule has 1 heterocycles. The Morgan fingerprint density at radius 1 is 1.33 bits per heavy atom. The van der Waals surface area contributed by atoms with E-state index >= 15 is 0 Å². The first kappa shape index (κ1) is 15.4. The molecule has 0 radical (unpaired) electrons. The number of hydrogen-bond acceptors (Lipinski definition) is 5. The number of furan rings is 1. The summed E-state index contributed by atoms with van der Waals surface area (Å²) >= 11 is 0. The Bertz CT molecular complexity index is 737. The molecule has 0 aliphatic carbocycles. The molecule has 6 nitrogen and oxygen atoms in total. The van der Waals surface area contributed by atoms with Gasteiger partial charge in [-0.25, -0.2) is 8.42 Å². The first-order valence-electron chi connectivity index (χ1n) is 6.29. The number of ether oxygens (including phenoxy) is 1. The summed E-state index contributed by atoms with van der Waals surface area (Å²) in [4.78, 5) is 0.0620. The molecule has 0 fully saturated rings. The van der Waals surface area contributed by atoms with Crippen LogP contribution in [-0.4, -0.2) is 26.9 Å². The van der Waals surface area contributed by atoms with E-state index in [1.165, 1.54) is 36.9 Å². The van der Waals surface area contributed by atoms with Gasteiger partial charge in [0, 0.05) is 25.2 Å². The Morgan fingerprint density at radius 2 is 2.05 bits per heavy atom. The monoisotopic (exact) mass is 310 g/mol. The molecule has 0 saturated carbocycles. The molecule has 114 valence electrons. The maximum Gasteiger partial charge on any atom is 0.245 e. The molecule has 0 aliphatic heterocycles. The Morgan fingerprint density at radius 3 is 2.57 bits per heavy atom. The average Bonchev–Trinajstić information content (AvgIpc) is 2.83. The topological polar surface area (TPSA) is 85.8 Å². The van der Waals surface area contributed by atoms with Crippen molar-refractivity contribution in [2.24, 2.45) is 0 Å². The lowest BCUT2D eigenvalue weighted by atomic mass is 10.3. The molecular weight excluding hydrogens is 292 g/mol. The quantitative estimate of drug-likeness (QED) is 0.854. The van der Waals surface area contributed by atoms with Gasteiger partial charge >= 0.3 is 0 Å². The summed E-state index contributed by atoms with van der Waals surface area (Å²) in [6.45, 7) is 2.01. The Kier molecular flexibility index (Phi) is 4.24. The third-order valence-corrected chi connectivity index (χ3v) is 5.14. The number of anilines is 1. The molecule has 1 aromatic carbocycles. The van der Waals surface area contributed by atoms with Gasteiger partial charge < -0.3 is 14.9 Å². The fourth-order valence-electron chi connectivity index (χ4n) is 1.96. The van der Waals surface area contributed by atoms with E-state index in [0.29, 0.717) is 11.5 Å². The zero-order valence-corrected chi connectivity index (χ0v) is 13.0. The summed E-state index contributed by atoms with van der Waals surface area (Å²) in [5.74, 6) is 1.21. The van der Waals surface area contributed by atoms with Gasteiger partial charge in [0.15, 0.2) is 0 Å². The minimum absolute atomic E-state index is 0.0620. The van der Waals surface area contributed by atoms with Crippen LogP contribution >= 0.6 is 0 Å². The van der Waals surface area contributed by atoms with Crippen molar-refractivity contribution >= 4 is 15.7 Å². The van der Waals surface area contributed by atoms with E-state index in [-0.39, 0.29) is 17.1 Å². The Balaban J connectivity index is 2.31. The summed E-state index contributed by atoms with van der Waals surface area (Å²) in [6.07, 6.45) is 1.53. The van der Waals surface area contributed by atoms with E-state index in [2.05, 4.69) is 0 Å². The second-order valence-corrected chi connectivity index (χ2v) is 6.68. The zero-order chi connectivity index (χ0) is 15.6. The standard InChI is InChI=1S/C14H18N2O4S/c1-10-11(6-7-20-10)9-16(2)21(17,18)14-5-4-12(19-3)8-13(14)15/h4-8H,9,15H2,1-3H3. The van der Waals surface area contributed by atoms with Gasteiger partial charge in [-0.1, -0.05) is 0 Å². The van der Waals surface area contributed by atoms with Crippen molar-refractivity contribution in [3.63, 3.8) is 0 Å². The van der Waals surface area contributed by atoms with Crippen LogP contribution in [0.2, 0.25) is 0 Å². The summed E-state index contributed by atoms with van der Waals surface area (Å²) in [7, 11) is -0.674. The minimum Gasteiger partial charge on any atom is -0.497 e. The predicted molar refractivity (Wildman–Crippen MR) is 79.5 cm³/mol. The number of rotatable bonds is 5. The van der Waals surface area contributed by atoms with Gasteiger partial charge in [-0.3, -0.25) is 0 Å². The molecule has 0 amide bonds. The van der Waals surface area contributed by atoms with Crippen molar-refractivity contribution in [1.29, 1.82) is 0 Å². The third-order valence-electron chi connectivity index (χ3n) is 3.26.